The third-order valence-corrected chi connectivity index (χ3v) is 4.71. The molecule has 2 N–H and O–H groups in total. The summed E-state index contributed by atoms with van der Waals surface area (Å²) in [6, 6.07) is 4.20. The number of rotatable bonds is 3. The molecule has 0 amide bonds. The molecular formula is C17H23BF3NO2. The van der Waals surface area contributed by atoms with Gasteiger partial charge in [-0.05, 0) is 57.3 Å². The van der Waals surface area contributed by atoms with Gasteiger partial charge < -0.3 is 15.0 Å². The van der Waals surface area contributed by atoms with Crippen LogP contribution in [0.5, 0.6) is 0 Å². The zero-order valence-electron chi connectivity index (χ0n) is 14.6. The molecule has 2 rings (SSSR count). The van der Waals surface area contributed by atoms with Gasteiger partial charge in [-0.2, -0.15) is 13.2 Å². The number of halogens is 3. The smallest absolute Gasteiger partial charge is 0.400 e. The van der Waals surface area contributed by atoms with Crippen LogP contribution in [-0.2, 0) is 15.5 Å². The summed E-state index contributed by atoms with van der Waals surface area (Å²) in [6.07, 6.45) is -2.78. The molecule has 1 aromatic carbocycles. The van der Waals surface area contributed by atoms with Gasteiger partial charge in [0.2, 0.25) is 0 Å². The second kappa shape index (κ2) is 6.21. The van der Waals surface area contributed by atoms with Crippen molar-refractivity contribution >= 4 is 13.2 Å². The summed E-state index contributed by atoms with van der Waals surface area (Å²) in [4.78, 5) is 0. The van der Waals surface area contributed by atoms with Gasteiger partial charge in [0.05, 0.1) is 16.8 Å². The first-order chi connectivity index (χ1) is 10.9. The summed E-state index contributed by atoms with van der Waals surface area (Å²) in [5, 5.41) is 0. The van der Waals surface area contributed by atoms with Crippen LogP contribution >= 0.6 is 0 Å². The fourth-order valence-corrected chi connectivity index (χ4v) is 2.47. The molecule has 7 heteroatoms. The molecule has 132 valence electrons. The molecule has 1 aliphatic rings. The number of benzene rings is 1. The Morgan fingerprint density at radius 3 is 2.17 bits per heavy atom. The second-order valence-electron chi connectivity index (χ2n) is 7.08. The molecule has 0 unspecified atom stereocenters. The summed E-state index contributed by atoms with van der Waals surface area (Å²) < 4.78 is 51.0. The molecule has 0 aromatic heterocycles. The van der Waals surface area contributed by atoms with Crippen molar-refractivity contribution in [2.45, 2.75) is 52.0 Å². The maximum absolute atomic E-state index is 13.1. The lowest BCUT2D eigenvalue weighted by atomic mass is 9.77. The minimum atomic E-state index is -4.39. The van der Waals surface area contributed by atoms with Crippen molar-refractivity contribution in [3.8, 4) is 0 Å². The van der Waals surface area contributed by atoms with Crippen LogP contribution in [0.4, 0.5) is 13.2 Å². The normalized spacial score (nSPS) is 20.5. The van der Waals surface area contributed by atoms with E-state index in [0.717, 1.165) is 6.07 Å². The minimum Gasteiger partial charge on any atom is -0.400 e. The molecule has 0 spiro atoms. The van der Waals surface area contributed by atoms with Crippen molar-refractivity contribution in [2.75, 3.05) is 6.54 Å². The van der Waals surface area contributed by atoms with Crippen LogP contribution in [0.15, 0.2) is 23.7 Å². The first-order valence-corrected chi connectivity index (χ1v) is 7.81. The van der Waals surface area contributed by atoms with E-state index in [4.69, 9.17) is 15.0 Å². The third kappa shape index (κ3) is 3.68. The van der Waals surface area contributed by atoms with Gasteiger partial charge in [-0.25, -0.2) is 0 Å². The molecule has 1 aromatic rings. The van der Waals surface area contributed by atoms with Crippen LogP contribution in [0.1, 0.15) is 44.4 Å². The predicted molar refractivity (Wildman–Crippen MR) is 89.3 cm³/mol. The average molecular weight is 341 g/mol. The van der Waals surface area contributed by atoms with Gasteiger partial charge in [0.25, 0.3) is 0 Å². The quantitative estimate of drug-likeness (QED) is 0.846. The topological polar surface area (TPSA) is 44.5 Å². The first kappa shape index (κ1) is 19.0. The minimum absolute atomic E-state index is 0.131. The molecule has 0 radical (unpaired) electrons. The Bertz CT molecular complexity index is 638. The lowest BCUT2D eigenvalue weighted by Gasteiger charge is -2.32. The maximum atomic E-state index is 13.1. The summed E-state index contributed by atoms with van der Waals surface area (Å²) in [6.45, 7) is 9.22. The Labute approximate surface area is 141 Å². The zero-order chi connectivity index (χ0) is 18.3. The molecule has 3 nitrogen and oxygen atoms in total. The highest BCUT2D eigenvalue weighted by Crippen LogP contribution is 2.39. The van der Waals surface area contributed by atoms with Gasteiger partial charge in [0.15, 0.2) is 0 Å². The van der Waals surface area contributed by atoms with Gasteiger partial charge in [-0.3, -0.25) is 0 Å². The van der Waals surface area contributed by atoms with Gasteiger partial charge in [0.1, 0.15) is 0 Å². The van der Waals surface area contributed by atoms with Crippen LogP contribution in [0.3, 0.4) is 0 Å². The van der Waals surface area contributed by atoms with Crippen molar-refractivity contribution in [1.29, 1.82) is 0 Å². The van der Waals surface area contributed by atoms with E-state index in [2.05, 4.69) is 0 Å². The molecular weight excluding hydrogens is 318 g/mol. The van der Waals surface area contributed by atoms with E-state index in [9.17, 15) is 13.2 Å². The second-order valence-corrected chi connectivity index (χ2v) is 7.08. The zero-order valence-corrected chi connectivity index (χ0v) is 14.6. The summed E-state index contributed by atoms with van der Waals surface area (Å²) >= 11 is 0. The highest BCUT2D eigenvalue weighted by atomic mass is 19.4. The van der Waals surface area contributed by atoms with E-state index < -0.39 is 30.1 Å². The largest absolute Gasteiger partial charge is 0.491 e. The lowest BCUT2D eigenvalue weighted by Crippen LogP contribution is -2.41. The molecule has 1 saturated heterocycles. The van der Waals surface area contributed by atoms with Crippen molar-refractivity contribution < 1.29 is 22.5 Å². The molecule has 0 bridgehead atoms. The standard InChI is InChI=1S/C17H23BF3NO2/c1-11-6-7-12(9-14(11)17(19,20)21)8-13(10-22)18-23-15(2,3)16(4,5)24-18/h6-9H,10,22H2,1-5H3. The number of hydrogen-bond acceptors (Lipinski definition) is 3. The number of nitrogens with two attached hydrogens (primary N) is 1. The molecule has 24 heavy (non-hydrogen) atoms. The summed E-state index contributed by atoms with van der Waals surface area (Å²) in [5.41, 5.74) is 5.27. The Morgan fingerprint density at radius 2 is 1.71 bits per heavy atom. The first-order valence-electron chi connectivity index (χ1n) is 7.81. The van der Waals surface area contributed by atoms with Crippen molar-refractivity contribution in [3.63, 3.8) is 0 Å². The third-order valence-electron chi connectivity index (χ3n) is 4.71. The van der Waals surface area contributed by atoms with E-state index in [0.29, 0.717) is 11.0 Å². The van der Waals surface area contributed by atoms with Crippen LogP contribution in [0.2, 0.25) is 0 Å². The lowest BCUT2D eigenvalue weighted by molar-refractivity contribution is -0.138. The van der Waals surface area contributed by atoms with E-state index >= 15 is 0 Å². The molecule has 0 aliphatic carbocycles. The molecule has 1 fully saturated rings. The van der Waals surface area contributed by atoms with Crippen LogP contribution in [0, 0.1) is 6.92 Å². The van der Waals surface area contributed by atoms with Crippen LogP contribution < -0.4 is 5.73 Å². The monoisotopic (exact) mass is 341 g/mol. The molecule has 1 heterocycles. The van der Waals surface area contributed by atoms with Crippen molar-refractivity contribution in [1.82, 2.24) is 0 Å². The van der Waals surface area contributed by atoms with Gasteiger partial charge in [-0.15, -0.1) is 0 Å². The maximum Gasteiger partial charge on any atom is 0.491 e. The Balaban J connectivity index is 2.36. The molecule has 0 saturated carbocycles. The highest BCUT2D eigenvalue weighted by molar-refractivity contribution is 6.55. The Kier molecular flexibility index (Phi) is 4.92. The number of aryl methyl sites for hydroxylation is 1. The summed E-state index contributed by atoms with van der Waals surface area (Å²) in [7, 11) is -0.671. The fraction of sp³-hybridized carbons (Fsp3) is 0.529. The van der Waals surface area contributed by atoms with E-state index in [1.807, 2.05) is 27.7 Å². The van der Waals surface area contributed by atoms with E-state index in [1.165, 1.54) is 13.0 Å². The van der Waals surface area contributed by atoms with Crippen molar-refractivity contribution in [3.05, 3.63) is 40.4 Å². The number of hydrogen-bond donors (Lipinski definition) is 1. The number of alkyl halides is 3. The van der Waals surface area contributed by atoms with E-state index in [1.54, 1.807) is 12.1 Å². The fourth-order valence-electron chi connectivity index (χ4n) is 2.47. The van der Waals surface area contributed by atoms with Crippen molar-refractivity contribution in [2.24, 2.45) is 5.73 Å². The van der Waals surface area contributed by atoms with Crippen LogP contribution in [0.25, 0.3) is 6.08 Å². The average Bonchev–Trinajstić information content (AvgIpc) is 2.65. The molecule has 1 aliphatic heterocycles. The Hall–Kier alpha value is -1.31. The predicted octanol–water partition coefficient (Wildman–Crippen LogP) is 3.99. The van der Waals surface area contributed by atoms with Gasteiger partial charge >= 0.3 is 13.3 Å². The van der Waals surface area contributed by atoms with Gasteiger partial charge in [-0.1, -0.05) is 18.2 Å². The highest BCUT2D eigenvalue weighted by Gasteiger charge is 2.52. The van der Waals surface area contributed by atoms with Crippen LogP contribution in [-0.4, -0.2) is 24.9 Å². The molecule has 0 atom stereocenters. The van der Waals surface area contributed by atoms with E-state index in [-0.39, 0.29) is 12.1 Å². The van der Waals surface area contributed by atoms with Gasteiger partial charge in [0, 0.05) is 6.54 Å². The Morgan fingerprint density at radius 1 is 1.17 bits per heavy atom. The summed E-state index contributed by atoms with van der Waals surface area (Å²) in [5.74, 6) is 0. The SMILES string of the molecule is Cc1ccc(C=C(CN)B2OC(C)(C)C(C)(C)O2)cc1C(F)(F)F.